The maximum absolute atomic E-state index is 5.96. The van der Waals surface area contributed by atoms with Crippen molar-refractivity contribution in [3.8, 4) is 0 Å². The number of morpholine rings is 1. The van der Waals surface area contributed by atoms with Crippen molar-refractivity contribution in [2.75, 3.05) is 29.9 Å². The van der Waals surface area contributed by atoms with E-state index in [0.29, 0.717) is 11.9 Å². The van der Waals surface area contributed by atoms with E-state index in [9.17, 15) is 0 Å². The number of halogens is 1. The van der Waals surface area contributed by atoms with E-state index in [1.807, 2.05) is 13.8 Å². The first-order valence-corrected chi connectivity index (χ1v) is 7.02. The summed E-state index contributed by atoms with van der Waals surface area (Å²) in [5.74, 6) is 1.14. The Balaban J connectivity index is 2.16. The van der Waals surface area contributed by atoms with Gasteiger partial charge in [-0.1, -0.05) is 6.92 Å². The molecule has 2 rings (SSSR count). The summed E-state index contributed by atoms with van der Waals surface area (Å²) in [6.45, 7) is 8.51. The number of ether oxygens (including phenoxy) is 1. The lowest BCUT2D eigenvalue weighted by Crippen LogP contribution is -2.46. The minimum Gasteiger partial charge on any atom is -0.372 e. The molecule has 1 aliphatic rings. The van der Waals surface area contributed by atoms with Crippen LogP contribution in [0.3, 0.4) is 0 Å². The molecule has 2 heterocycles. The molecule has 0 radical (unpaired) electrons. The summed E-state index contributed by atoms with van der Waals surface area (Å²) in [6.07, 6.45) is 1.32. The number of anilines is 2. The second kappa shape index (κ2) is 6.34. The van der Waals surface area contributed by atoms with Gasteiger partial charge in [-0.25, -0.2) is 0 Å². The van der Waals surface area contributed by atoms with Gasteiger partial charge in [0, 0.05) is 19.6 Å². The summed E-state index contributed by atoms with van der Waals surface area (Å²) < 4.78 is 5.70. The highest BCUT2D eigenvalue weighted by atomic mass is 35.5. The number of hydrogen-bond acceptors (Lipinski definition) is 6. The first-order chi connectivity index (χ1) is 9.08. The Kier molecular flexibility index (Phi) is 4.76. The van der Waals surface area contributed by atoms with Crippen molar-refractivity contribution >= 4 is 23.5 Å². The molecule has 0 aliphatic carbocycles. The fourth-order valence-electron chi connectivity index (χ4n) is 2.14. The molecule has 1 saturated heterocycles. The molecule has 7 heteroatoms. The lowest BCUT2D eigenvalue weighted by molar-refractivity contribution is -0.00572. The smallest absolute Gasteiger partial charge is 0.231 e. The van der Waals surface area contributed by atoms with Crippen molar-refractivity contribution in [2.24, 2.45) is 0 Å². The summed E-state index contributed by atoms with van der Waals surface area (Å²) in [5.41, 5.74) is 0. The predicted molar refractivity (Wildman–Crippen MR) is 75.8 cm³/mol. The molecule has 0 aromatic carbocycles. The monoisotopic (exact) mass is 285 g/mol. The Morgan fingerprint density at radius 1 is 1.26 bits per heavy atom. The van der Waals surface area contributed by atoms with E-state index >= 15 is 0 Å². The van der Waals surface area contributed by atoms with Crippen LogP contribution in [0, 0.1) is 0 Å². The SMILES string of the molecule is CCCNc1nc(Cl)nc(N2CC(C)OC(C)C2)n1. The van der Waals surface area contributed by atoms with Gasteiger partial charge < -0.3 is 15.0 Å². The van der Waals surface area contributed by atoms with Crippen molar-refractivity contribution in [1.82, 2.24) is 15.0 Å². The van der Waals surface area contributed by atoms with Crippen LogP contribution in [0.2, 0.25) is 5.28 Å². The van der Waals surface area contributed by atoms with Crippen LogP contribution in [0.15, 0.2) is 0 Å². The number of nitrogens with zero attached hydrogens (tertiary/aromatic N) is 4. The van der Waals surface area contributed by atoms with Crippen LogP contribution >= 0.6 is 11.6 Å². The third-order valence-corrected chi connectivity index (χ3v) is 3.00. The van der Waals surface area contributed by atoms with Crippen molar-refractivity contribution in [3.63, 3.8) is 0 Å². The molecular weight excluding hydrogens is 266 g/mol. The standard InChI is InChI=1S/C12H20ClN5O/c1-4-5-14-11-15-10(13)16-12(17-11)18-6-8(2)19-9(3)7-18/h8-9H,4-7H2,1-3H3,(H,14,15,16,17). The van der Waals surface area contributed by atoms with Crippen LogP contribution in [-0.4, -0.2) is 46.8 Å². The van der Waals surface area contributed by atoms with Crippen molar-refractivity contribution in [2.45, 2.75) is 39.4 Å². The first kappa shape index (κ1) is 14.3. The first-order valence-electron chi connectivity index (χ1n) is 6.64. The Morgan fingerprint density at radius 2 is 1.95 bits per heavy atom. The highest BCUT2D eigenvalue weighted by molar-refractivity contribution is 6.28. The summed E-state index contributed by atoms with van der Waals surface area (Å²) in [7, 11) is 0. The minimum absolute atomic E-state index is 0.159. The van der Waals surface area contributed by atoms with Gasteiger partial charge in [0.15, 0.2) is 0 Å². The summed E-state index contributed by atoms with van der Waals surface area (Å²) in [6, 6.07) is 0. The van der Waals surface area contributed by atoms with Gasteiger partial charge in [0.2, 0.25) is 17.2 Å². The van der Waals surface area contributed by atoms with Gasteiger partial charge in [0.1, 0.15) is 0 Å². The zero-order valence-electron chi connectivity index (χ0n) is 11.6. The van der Waals surface area contributed by atoms with Crippen LogP contribution in [0.4, 0.5) is 11.9 Å². The summed E-state index contributed by atoms with van der Waals surface area (Å²) in [4.78, 5) is 14.8. The molecule has 1 aromatic rings. The molecule has 106 valence electrons. The van der Waals surface area contributed by atoms with Crippen molar-refractivity contribution in [3.05, 3.63) is 5.28 Å². The molecule has 0 spiro atoms. The average molecular weight is 286 g/mol. The fraction of sp³-hybridized carbons (Fsp3) is 0.750. The van der Waals surface area contributed by atoms with E-state index in [-0.39, 0.29) is 17.5 Å². The molecule has 0 amide bonds. The molecule has 1 aliphatic heterocycles. The predicted octanol–water partition coefficient (Wildman–Crippen LogP) is 1.96. The van der Waals surface area contributed by atoms with E-state index in [2.05, 4.69) is 32.1 Å². The Bertz CT molecular complexity index is 421. The Labute approximate surface area is 118 Å². The van der Waals surface area contributed by atoms with Crippen molar-refractivity contribution in [1.29, 1.82) is 0 Å². The number of nitrogens with one attached hydrogen (secondary N) is 1. The van der Waals surface area contributed by atoms with Crippen LogP contribution in [0.5, 0.6) is 0 Å². The van der Waals surface area contributed by atoms with Gasteiger partial charge in [-0.2, -0.15) is 15.0 Å². The fourth-order valence-corrected chi connectivity index (χ4v) is 2.29. The van der Waals surface area contributed by atoms with Gasteiger partial charge in [0.25, 0.3) is 0 Å². The van der Waals surface area contributed by atoms with Gasteiger partial charge in [-0.15, -0.1) is 0 Å². The lowest BCUT2D eigenvalue weighted by atomic mass is 10.2. The van der Waals surface area contributed by atoms with E-state index in [4.69, 9.17) is 16.3 Å². The molecule has 0 bridgehead atoms. The van der Waals surface area contributed by atoms with Gasteiger partial charge in [0.05, 0.1) is 12.2 Å². The number of aromatic nitrogens is 3. The van der Waals surface area contributed by atoms with E-state index < -0.39 is 0 Å². The topological polar surface area (TPSA) is 63.2 Å². The third-order valence-electron chi connectivity index (χ3n) is 2.83. The number of rotatable bonds is 4. The molecule has 6 nitrogen and oxygen atoms in total. The third kappa shape index (κ3) is 3.91. The number of hydrogen-bond donors (Lipinski definition) is 1. The zero-order chi connectivity index (χ0) is 13.8. The zero-order valence-corrected chi connectivity index (χ0v) is 12.3. The van der Waals surface area contributed by atoms with E-state index in [1.54, 1.807) is 0 Å². The molecular formula is C12H20ClN5O. The van der Waals surface area contributed by atoms with E-state index in [1.165, 1.54) is 0 Å². The molecule has 1 N–H and O–H groups in total. The minimum atomic E-state index is 0.159. The van der Waals surface area contributed by atoms with Crippen LogP contribution in [-0.2, 0) is 4.74 Å². The van der Waals surface area contributed by atoms with Gasteiger partial charge in [-0.3, -0.25) is 0 Å². The second-order valence-corrected chi connectivity index (χ2v) is 5.16. The van der Waals surface area contributed by atoms with Crippen LogP contribution in [0.1, 0.15) is 27.2 Å². The van der Waals surface area contributed by atoms with Gasteiger partial charge >= 0.3 is 0 Å². The summed E-state index contributed by atoms with van der Waals surface area (Å²) >= 11 is 5.96. The maximum atomic E-state index is 5.96. The lowest BCUT2D eigenvalue weighted by Gasteiger charge is -2.35. The quantitative estimate of drug-likeness (QED) is 0.912. The Hall–Kier alpha value is -1.14. The molecule has 1 aromatic heterocycles. The summed E-state index contributed by atoms with van der Waals surface area (Å²) in [5, 5.41) is 3.35. The molecule has 0 saturated carbocycles. The normalized spacial score (nSPS) is 23.5. The van der Waals surface area contributed by atoms with E-state index in [0.717, 1.165) is 26.1 Å². The molecule has 2 atom stereocenters. The second-order valence-electron chi connectivity index (χ2n) is 4.82. The Morgan fingerprint density at radius 3 is 2.58 bits per heavy atom. The van der Waals surface area contributed by atoms with Gasteiger partial charge in [-0.05, 0) is 31.9 Å². The maximum Gasteiger partial charge on any atom is 0.231 e. The van der Waals surface area contributed by atoms with Crippen LogP contribution in [0.25, 0.3) is 0 Å². The van der Waals surface area contributed by atoms with Crippen LogP contribution < -0.4 is 10.2 Å². The molecule has 2 unspecified atom stereocenters. The molecule has 19 heavy (non-hydrogen) atoms. The van der Waals surface area contributed by atoms with Crippen molar-refractivity contribution < 1.29 is 4.74 Å². The highest BCUT2D eigenvalue weighted by Gasteiger charge is 2.24. The largest absolute Gasteiger partial charge is 0.372 e. The highest BCUT2D eigenvalue weighted by Crippen LogP contribution is 2.19. The molecule has 1 fully saturated rings. The average Bonchev–Trinajstić information content (AvgIpc) is 2.34.